The van der Waals surface area contributed by atoms with Crippen LogP contribution in [0.2, 0.25) is 0 Å². The molecule has 7 nitrogen and oxygen atoms in total. The number of carbonyl (C=O) groups is 1. The van der Waals surface area contributed by atoms with Crippen molar-refractivity contribution in [1.29, 1.82) is 0 Å². The third kappa shape index (κ3) is 4.39. The summed E-state index contributed by atoms with van der Waals surface area (Å²) < 4.78 is 27.1. The molecule has 2 heterocycles. The van der Waals surface area contributed by atoms with Crippen LogP contribution in [-0.4, -0.2) is 32.9 Å². The molecular formula is C20H23FN4O3. The van der Waals surface area contributed by atoms with Crippen LogP contribution in [0, 0.1) is 11.7 Å². The first-order valence-corrected chi connectivity index (χ1v) is 8.97. The summed E-state index contributed by atoms with van der Waals surface area (Å²) in [6, 6.07) is 8.19. The monoisotopic (exact) mass is 386 g/mol. The second-order valence-electron chi connectivity index (χ2n) is 7.33. The van der Waals surface area contributed by atoms with Gasteiger partial charge in [-0.1, -0.05) is 13.8 Å². The minimum absolute atomic E-state index is 0.0109. The van der Waals surface area contributed by atoms with E-state index in [1.807, 2.05) is 13.8 Å². The normalized spacial score (nSPS) is 13.5. The summed E-state index contributed by atoms with van der Waals surface area (Å²) in [4.78, 5) is 15.4. The number of ether oxygens (including phenoxy) is 2. The number of hydrogen-bond acceptors (Lipinski definition) is 5. The molecule has 1 atom stereocenters. The van der Waals surface area contributed by atoms with E-state index in [1.165, 1.54) is 6.07 Å². The molecule has 0 aliphatic heterocycles. The number of benzene rings is 1. The lowest BCUT2D eigenvalue weighted by atomic mass is 9.95. The van der Waals surface area contributed by atoms with Crippen LogP contribution in [0.1, 0.15) is 27.2 Å². The molecule has 3 aromatic rings. The Bertz CT molecular complexity index is 988. The van der Waals surface area contributed by atoms with Crippen LogP contribution in [0.4, 0.5) is 9.18 Å². The first-order valence-electron chi connectivity index (χ1n) is 8.97. The molecule has 1 unspecified atom stereocenters. The summed E-state index contributed by atoms with van der Waals surface area (Å²) in [5, 5.41) is 4.21. The number of rotatable bonds is 7. The van der Waals surface area contributed by atoms with Crippen LogP contribution >= 0.6 is 0 Å². The summed E-state index contributed by atoms with van der Waals surface area (Å²) in [5.74, 6) is -0.221. The molecule has 0 saturated carbocycles. The first kappa shape index (κ1) is 19.6. The zero-order chi connectivity index (χ0) is 20.3. The topological polar surface area (TPSA) is 91.7 Å². The highest BCUT2D eigenvalue weighted by molar-refractivity contribution is 5.65. The van der Waals surface area contributed by atoms with Crippen molar-refractivity contribution in [2.45, 2.75) is 32.8 Å². The molecular weight excluding hydrogens is 363 g/mol. The van der Waals surface area contributed by atoms with Crippen LogP contribution in [0.25, 0.3) is 16.9 Å². The standard InChI is InChI=1S/C20H23FN4O3/c1-13(2)11-20(3,28-19(22)26)12-27-17-5-4-14(10-15(17)21)16-6-8-23-18-7-9-24-25(16)18/h4-10,13H,11-12H2,1-3H3,(H2,22,26). The Morgan fingerprint density at radius 2 is 2.07 bits per heavy atom. The van der Waals surface area contributed by atoms with Gasteiger partial charge >= 0.3 is 6.09 Å². The van der Waals surface area contributed by atoms with Crippen molar-refractivity contribution in [3.05, 3.63) is 48.5 Å². The third-order valence-corrected chi connectivity index (χ3v) is 4.24. The highest BCUT2D eigenvalue weighted by atomic mass is 19.1. The van der Waals surface area contributed by atoms with Crippen molar-refractivity contribution < 1.29 is 18.7 Å². The number of hydrogen-bond donors (Lipinski definition) is 1. The molecule has 0 spiro atoms. The molecule has 0 aliphatic rings. The second kappa shape index (κ2) is 7.84. The fourth-order valence-electron chi connectivity index (χ4n) is 3.30. The highest BCUT2D eigenvalue weighted by Gasteiger charge is 2.31. The zero-order valence-electron chi connectivity index (χ0n) is 16.1. The van der Waals surface area contributed by atoms with Crippen LogP contribution in [0.3, 0.4) is 0 Å². The second-order valence-corrected chi connectivity index (χ2v) is 7.33. The molecule has 28 heavy (non-hydrogen) atoms. The smallest absolute Gasteiger partial charge is 0.405 e. The fourth-order valence-corrected chi connectivity index (χ4v) is 3.30. The lowest BCUT2D eigenvalue weighted by Crippen LogP contribution is -2.41. The molecule has 0 aliphatic carbocycles. The number of carbonyl (C=O) groups excluding carboxylic acids is 1. The van der Waals surface area contributed by atoms with Gasteiger partial charge in [0.15, 0.2) is 17.2 Å². The van der Waals surface area contributed by atoms with E-state index in [0.717, 1.165) is 0 Å². The quantitative estimate of drug-likeness (QED) is 0.667. The third-order valence-electron chi connectivity index (χ3n) is 4.24. The van der Waals surface area contributed by atoms with Gasteiger partial charge in [0.2, 0.25) is 0 Å². The van der Waals surface area contributed by atoms with Gasteiger partial charge in [-0.25, -0.2) is 18.7 Å². The predicted octanol–water partition coefficient (Wildman–Crippen LogP) is 3.81. The van der Waals surface area contributed by atoms with Gasteiger partial charge in [0.05, 0.1) is 11.9 Å². The highest BCUT2D eigenvalue weighted by Crippen LogP contribution is 2.28. The predicted molar refractivity (Wildman–Crippen MR) is 102 cm³/mol. The van der Waals surface area contributed by atoms with E-state index in [0.29, 0.717) is 23.3 Å². The van der Waals surface area contributed by atoms with Crippen molar-refractivity contribution in [3.8, 4) is 17.0 Å². The minimum Gasteiger partial charge on any atom is -0.486 e. The summed E-state index contributed by atoms with van der Waals surface area (Å²) in [5.41, 5.74) is 6.24. The largest absolute Gasteiger partial charge is 0.486 e. The Morgan fingerprint density at radius 3 is 2.75 bits per heavy atom. The lowest BCUT2D eigenvalue weighted by Gasteiger charge is -2.30. The summed E-state index contributed by atoms with van der Waals surface area (Å²) in [6.45, 7) is 5.68. The Hall–Kier alpha value is -3.16. The number of fused-ring (bicyclic) bond motifs is 1. The van der Waals surface area contributed by atoms with Gasteiger partial charge in [-0.05, 0) is 43.5 Å². The SMILES string of the molecule is CC(C)CC(C)(COc1ccc(-c2ccnc3ccnn23)cc1F)OC(N)=O. The van der Waals surface area contributed by atoms with E-state index in [-0.39, 0.29) is 18.3 Å². The molecule has 1 aromatic carbocycles. The number of primary amides is 1. The lowest BCUT2D eigenvalue weighted by molar-refractivity contribution is -0.0193. The van der Waals surface area contributed by atoms with Gasteiger partial charge in [-0.3, -0.25) is 0 Å². The number of halogens is 1. The Labute approximate surface area is 162 Å². The van der Waals surface area contributed by atoms with Crippen LogP contribution in [-0.2, 0) is 4.74 Å². The molecule has 0 fully saturated rings. The van der Waals surface area contributed by atoms with Crippen LogP contribution in [0.15, 0.2) is 42.7 Å². The average Bonchev–Trinajstić information content (AvgIpc) is 3.08. The molecule has 0 bridgehead atoms. The van der Waals surface area contributed by atoms with E-state index in [2.05, 4.69) is 10.1 Å². The van der Waals surface area contributed by atoms with Crippen molar-refractivity contribution in [1.82, 2.24) is 14.6 Å². The van der Waals surface area contributed by atoms with E-state index in [1.54, 1.807) is 48.1 Å². The van der Waals surface area contributed by atoms with Gasteiger partial charge in [0.25, 0.3) is 0 Å². The van der Waals surface area contributed by atoms with Crippen molar-refractivity contribution in [2.24, 2.45) is 11.7 Å². The van der Waals surface area contributed by atoms with E-state index in [9.17, 15) is 9.18 Å². The minimum atomic E-state index is -0.947. The molecule has 0 radical (unpaired) electrons. The number of aromatic nitrogens is 3. The first-order chi connectivity index (χ1) is 13.3. The van der Waals surface area contributed by atoms with Crippen molar-refractivity contribution in [2.75, 3.05) is 6.61 Å². The van der Waals surface area contributed by atoms with E-state index in [4.69, 9.17) is 15.2 Å². The summed E-state index contributed by atoms with van der Waals surface area (Å²) >= 11 is 0. The van der Waals surface area contributed by atoms with Gasteiger partial charge in [0.1, 0.15) is 12.2 Å². The molecule has 2 aromatic heterocycles. The molecule has 1 amide bonds. The maximum atomic E-state index is 14.7. The fraction of sp³-hybridized carbons (Fsp3) is 0.350. The van der Waals surface area contributed by atoms with Crippen molar-refractivity contribution >= 4 is 11.7 Å². The maximum absolute atomic E-state index is 14.7. The number of nitrogens with zero attached hydrogens (tertiary/aromatic N) is 3. The van der Waals surface area contributed by atoms with E-state index < -0.39 is 17.5 Å². The van der Waals surface area contributed by atoms with E-state index >= 15 is 0 Å². The van der Waals surface area contributed by atoms with Gasteiger partial charge < -0.3 is 15.2 Å². The van der Waals surface area contributed by atoms with Crippen molar-refractivity contribution in [3.63, 3.8) is 0 Å². The maximum Gasteiger partial charge on any atom is 0.405 e. The molecule has 3 rings (SSSR count). The molecule has 0 saturated heterocycles. The average molecular weight is 386 g/mol. The Balaban J connectivity index is 1.81. The zero-order valence-corrected chi connectivity index (χ0v) is 16.1. The molecule has 148 valence electrons. The summed E-state index contributed by atoms with van der Waals surface area (Å²) in [7, 11) is 0. The number of nitrogens with two attached hydrogens (primary N) is 1. The number of amides is 1. The van der Waals surface area contributed by atoms with Crippen LogP contribution in [0.5, 0.6) is 5.75 Å². The molecule has 2 N–H and O–H groups in total. The molecule has 8 heteroatoms. The van der Waals surface area contributed by atoms with Crippen LogP contribution < -0.4 is 10.5 Å². The van der Waals surface area contributed by atoms with Gasteiger partial charge in [-0.15, -0.1) is 0 Å². The Kier molecular flexibility index (Phi) is 5.48. The summed E-state index contributed by atoms with van der Waals surface area (Å²) in [6.07, 6.45) is 2.92. The van der Waals surface area contributed by atoms with Gasteiger partial charge in [-0.2, -0.15) is 5.10 Å². The van der Waals surface area contributed by atoms with Gasteiger partial charge in [0, 0.05) is 17.8 Å². The Morgan fingerprint density at radius 1 is 1.29 bits per heavy atom.